The number of alkyl halides is 1. The van der Waals surface area contributed by atoms with E-state index in [0.29, 0.717) is 5.69 Å². The zero-order chi connectivity index (χ0) is 19.5. The van der Waals surface area contributed by atoms with Gasteiger partial charge in [0.1, 0.15) is 5.92 Å². The van der Waals surface area contributed by atoms with Crippen molar-refractivity contribution in [1.29, 1.82) is 0 Å². The highest BCUT2D eigenvalue weighted by Crippen LogP contribution is 2.45. The van der Waals surface area contributed by atoms with Crippen molar-refractivity contribution in [2.24, 2.45) is 11.8 Å². The van der Waals surface area contributed by atoms with Crippen LogP contribution >= 0.6 is 11.6 Å². The third-order valence-corrected chi connectivity index (χ3v) is 6.26. The number of aromatic nitrogens is 1. The smallest absolute Gasteiger partial charge is 0.231 e. The first-order valence-corrected chi connectivity index (χ1v) is 10.2. The molecule has 5 atom stereocenters. The second-order valence-corrected chi connectivity index (χ2v) is 8.21. The van der Waals surface area contributed by atoms with E-state index in [9.17, 15) is 9.59 Å². The highest BCUT2D eigenvalue weighted by Gasteiger charge is 2.48. The van der Waals surface area contributed by atoms with Gasteiger partial charge in [-0.1, -0.05) is 36.4 Å². The highest BCUT2D eigenvalue weighted by molar-refractivity contribution is 6.20. The van der Waals surface area contributed by atoms with Crippen LogP contribution in [0.25, 0.3) is 6.08 Å². The standard InChI is InChI=1S/C23H23ClN2O2/c24-16-9-11-19-18(14-16)21(15-6-2-1-3-7-15)22(23(28)26-19)20(27)12-10-17-8-4-5-13-25-17/h1-8,10,12-13,16,18-19,21-22H,9,11,14H2,(H,26,28)/b12-10+. The predicted molar refractivity (Wildman–Crippen MR) is 110 cm³/mol. The van der Waals surface area contributed by atoms with Gasteiger partial charge in [0.25, 0.3) is 0 Å². The van der Waals surface area contributed by atoms with E-state index in [1.54, 1.807) is 12.3 Å². The van der Waals surface area contributed by atoms with E-state index in [2.05, 4.69) is 10.3 Å². The van der Waals surface area contributed by atoms with E-state index in [4.69, 9.17) is 11.6 Å². The molecule has 1 saturated carbocycles. The molecule has 5 heteroatoms. The average Bonchev–Trinajstić information content (AvgIpc) is 2.73. The number of carbonyl (C=O) groups is 2. The third kappa shape index (κ3) is 3.88. The lowest BCUT2D eigenvalue weighted by Gasteiger charge is -2.46. The number of nitrogens with one attached hydrogen (secondary N) is 1. The molecule has 1 N–H and O–H groups in total. The van der Waals surface area contributed by atoms with Crippen LogP contribution < -0.4 is 5.32 Å². The van der Waals surface area contributed by atoms with Gasteiger partial charge in [0.2, 0.25) is 5.91 Å². The number of piperidine rings is 1. The minimum absolute atomic E-state index is 0.0801. The van der Waals surface area contributed by atoms with Crippen molar-refractivity contribution in [2.75, 3.05) is 0 Å². The number of ketones is 1. The summed E-state index contributed by atoms with van der Waals surface area (Å²) in [6.45, 7) is 0. The fraction of sp³-hybridized carbons (Fsp3) is 0.348. The fourth-order valence-corrected chi connectivity index (χ4v) is 4.91. The molecule has 0 bridgehead atoms. The van der Waals surface area contributed by atoms with Gasteiger partial charge < -0.3 is 5.32 Å². The van der Waals surface area contributed by atoms with Crippen molar-refractivity contribution >= 4 is 29.4 Å². The Hall–Kier alpha value is -2.46. The van der Waals surface area contributed by atoms with Crippen LogP contribution in [0.2, 0.25) is 0 Å². The molecule has 2 aromatic rings. The number of fused-ring (bicyclic) bond motifs is 1. The number of nitrogens with zero attached hydrogens (tertiary/aromatic N) is 1. The zero-order valence-electron chi connectivity index (χ0n) is 15.5. The largest absolute Gasteiger partial charge is 0.352 e. The topological polar surface area (TPSA) is 59.1 Å². The first kappa shape index (κ1) is 18.9. The van der Waals surface area contributed by atoms with Crippen molar-refractivity contribution in [3.05, 3.63) is 72.1 Å². The maximum absolute atomic E-state index is 13.1. The minimum Gasteiger partial charge on any atom is -0.352 e. The minimum atomic E-state index is -0.745. The summed E-state index contributed by atoms with van der Waals surface area (Å²) >= 11 is 6.47. The second kappa shape index (κ2) is 8.27. The molecule has 1 aromatic carbocycles. The number of hydrogen-bond donors (Lipinski definition) is 1. The summed E-state index contributed by atoms with van der Waals surface area (Å²) in [5.74, 6) is -1.12. The Morgan fingerprint density at radius 1 is 1.11 bits per heavy atom. The Bertz CT molecular complexity index is 869. The average molecular weight is 395 g/mol. The van der Waals surface area contributed by atoms with Crippen molar-refractivity contribution in [3.63, 3.8) is 0 Å². The normalized spacial score (nSPS) is 29.9. The monoisotopic (exact) mass is 394 g/mol. The number of amides is 1. The molecule has 1 amide bonds. The van der Waals surface area contributed by atoms with Crippen LogP contribution in [0.5, 0.6) is 0 Å². The van der Waals surface area contributed by atoms with Crippen LogP contribution in [-0.2, 0) is 9.59 Å². The maximum atomic E-state index is 13.1. The Morgan fingerprint density at radius 3 is 2.64 bits per heavy atom. The number of allylic oxidation sites excluding steroid dienone is 1. The van der Waals surface area contributed by atoms with Gasteiger partial charge in [0.05, 0.1) is 5.69 Å². The molecule has 28 heavy (non-hydrogen) atoms. The lowest BCUT2D eigenvalue weighted by Crippen LogP contribution is -2.57. The third-order valence-electron chi connectivity index (χ3n) is 5.86. The number of pyridine rings is 1. The van der Waals surface area contributed by atoms with Crippen LogP contribution in [0.4, 0.5) is 0 Å². The zero-order valence-corrected chi connectivity index (χ0v) is 16.3. The summed E-state index contributed by atoms with van der Waals surface area (Å²) in [6, 6.07) is 15.5. The van der Waals surface area contributed by atoms with Crippen LogP contribution in [0.1, 0.15) is 36.4 Å². The molecule has 1 aliphatic carbocycles. The molecule has 2 heterocycles. The van der Waals surface area contributed by atoms with Crippen LogP contribution in [0.15, 0.2) is 60.8 Å². The molecule has 1 aliphatic heterocycles. The van der Waals surface area contributed by atoms with Crippen molar-refractivity contribution in [3.8, 4) is 0 Å². The number of carbonyl (C=O) groups excluding carboxylic acids is 2. The summed E-state index contributed by atoms with van der Waals surface area (Å²) in [6.07, 6.45) is 7.40. The lowest BCUT2D eigenvalue weighted by molar-refractivity contribution is -0.137. The van der Waals surface area contributed by atoms with Gasteiger partial charge in [0.15, 0.2) is 5.78 Å². The van der Waals surface area contributed by atoms with E-state index in [0.717, 1.165) is 24.8 Å². The summed E-state index contributed by atoms with van der Waals surface area (Å²) < 4.78 is 0. The molecular formula is C23H23ClN2O2. The van der Waals surface area contributed by atoms with Gasteiger partial charge in [-0.25, -0.2) is 0 Å². The molecule has 1 saturated heterocycles. The summed E-state index contributed by atoms with van der Waals surface area (Å²) in [4.78, 5) is 30.3. The number of rotatable bonds is 4. The first-order valence-electron chi connectivity index (χ1n) is 9.76. The van der Waals surface area contributed by atoms with E-state index in [1.807, 2.05) is 48.5 Å². The van der Waals surface area contributed by atoms with Crippen LogP contribution in [0, 0.1) is 11.8 Å². The maximum Gasteiger partial charge on any atom is 0.231 e. The van der Waals surface area contributed by atoms with Crippen molar-refractivity contribution in [1.82, 2.24) is 10.3 Å². The van der Waals surface area contributed by atoms with Crippen molar-refractivity contribution in [2.45, 2.75) is 36.6 Å². The quantitative estimate of drug-likeness (QED) is 0.485. The Morgan fingerprint density at radius 2 is 1.89 bits per heavy atom. The van der Waals surface area contributed by atoms with Gasteiger partial charge in [0, 0.05) is 23.5 Å². The molecule has 5 unspecified atom stereocenters. The second-order valence-electron chi connectivity index (χ2n) is 7.59. The molecule has 4 rings (SSSR count). The van der Waals surface area contributed by atoms with E-state index < -0.39 is 5.92 Å². The predicted octanol–water partition coefficient (Wildman–Crippen LogP) is 3.97. The van der Waals surface area contributed by atoms with Gasteiger partial charge in [-0.15, -0.1) is 11.6 Å². The molecule has 0 spiro atoms. The van der Waals surface area contributed by atoms with Crippen LogP contribution in [-0.4, -0.2) is 28.1 Å². The highest BCUT2D eigenvalue weighted by atomic mass is 35.5. The first-order chi connectivity index (χ1) is 13.6. The van der Waals surface area contributed by atoms with E-state index in [1.165, 1.54) is 6.08 Å². The Kier molecular flexibility index (Phi) is 5.58. The van der Waals surface area contributed by atoms with Gasteiger partial charge in [-0.2, -0.15) is 0 Å². The molecule has 4 nitrogen and oxygen atoms in total. The van der Waals surface area contributed by atoms with E-state index in [-0.39, 0.29) is 34.9 Å². The molecule has 1 aromatic heterocycles. The molecule has 2 fully saturated rings. The molecule has 144 valence electrons. The fourth-order valence-electron chi connectivity index (χ4n) is 4.58. The summed E-state index contributed by atoms with van der Waals surface area (Å²) in [5, 5.41) is 3.19. The van der Waals surface area contributed by atoms with E-state index >= 15 is 0 Å². The van der Waals surface area contributed by atoms with Crippen molar-refractivity contribution < 1.29 is 9.59 Å². The van der Waals surface area contributed by atoms with Gasteiger partial charge in [-0.3, -0.25) is 14.6 Å². The summed E-state index contributed by atoms with van der Waals surface area (Å²) in [5.41, 5.74) is 1.72. The lowest BCUT2D eigenvalue weighted by atomic mass is 9.64. The SMILES string of the molecule is O=C(/C=C/c1ccccn1)C1C(=O)NC2CCC(Cl)CC2C1c1ccccc1. The molecular weight excluding hydrogens is 372 g/mol. The Labute approximate surface area is 170 Å². The van der Waals surface area contributed by atoms with Gasteiger partial charge in [-0.05, 0) is 55.0 Å². The molecule has 0 radical (unpaired) electrons. The number of hydrogen-bond acceptors (Lipinski definition) is 3. The number of benzene rings is 1. The molecule has 2 aliphatic rings. The number of halogens is 1. The summed E-state index contributed by atoms with van der Waals surface area (Å²) in [7, 11) is 0. The van der Waals surface area contributed by atoms with Crippen LogP contribution in [0.3, 0.4) is 0 Å². The Balaban J connectivity index is 1.67. The van der Waals surface area contributed by atoms with Gasteiger partial charge >= 0.3 is 0 Å².